The summed E-state index contributed by atoms with van der Waals surface area (Å²) in [4.78, 5) is 5.35. The Balaban J connectivity index is 0.00000162. The maximum Gasteiger partial charge on any atom is -0.000654 e. The highest BCUT2D eigenvalue weighted by molar-refractivity contribution is 5.85. The molecule has 0 saturated carbocycles. The van der Waals surface area contributed by atoms with Gasteiger partial charge in [0.25, 0.3) is 0 Å². The first kappa shape index (κ1) is 19.5. The molecular weight excluding hydrogens is 279 g/mol. The molecule has 116 valence electrons. The van der Waals surface area contributed by atoms with Gasteiger partial charge in [-0.1, -0.05) is 13.8 Å². The van der Waals surface area contributed by atoms with Crippen molar-refractivity contribution in [2.75, 3.05) is 39.3 Å². The van der Waals surface area contributed by atoms with Crippen LogP contribution in [-0.2, 0) is 0 Å². The van der Waals surface area contributed by atoms with Gasteiger partial charge < -0.3 is 9.80 Å². The lowest BCUT2D eigenvalue weighted by Gasteiger charge is -2.33. The predicted octanol–water partition coefficient (Wildman–Crippen LogP) is 3.68. The van der Waals surface area contributed by atoms with E-state index in [1.165, 1.54) is 71.4 Å². The van der Waals surface area contributed by atoms with Crippen molar-refractivity contribution in [2.45, 2.75) is 46.0 Å². The van der Waals surface area contributed by atoms with Gasteiger partial charge in [0.15, 0.2) is 0 Å². The van der Waals surface area contributed by atoms with Crippen LogP contribution in [0.25, 0.3) is 0 Å². The van der Waals surface area contributed by atoms with Crippen LogP contribution in [0.1, 0.15) is 46.0 Å². The molecule has 0 aromatic carbocycles. The first-order valence-electron chi connectivity index (χ1n) is 7.69. The number of hydrogen-bond acceptors (Lipinski definition) is 2. The van der Waals surface area contributed by atoms with Crippen LogP contribution < -0.4 is 0 Å². The van der Waals surface area contributed by atoms with Gasteiger partial charge in [0, 0.05) is 0 Å². The molecule has 0 atom stereocenters. The molecule has 0 aromatic rings. The van der Waals surface area contributed by atoms with Crippen molar-refractivity contribution < 1.29 is 0 Å². The molecule has 0 radical (unpaired) electrons. The fourth-order valence-electron chi connectivity index (χ4n) is 3.09. The SMILES string of the molecule is CC1CCN(CCCN2CCC(C)CC2)CC1.Cl.Cl. The Bertz CT molecular complexity index is 188. The molecule has 2 nitrogen and oxygen atoms in total. The summed E-state index contributed by atoms with van der Waals surface area (Å²) in [5.74, 6) is 1.93. The van der Waals surface area contributed by atoms with E-state index in [1.54, 1.807) is 0 Å². The van der Waals surface area contributed by atoms with Crippen molar-refractivity contribution in [2.24, 2.45) is 11.8 Å². The molecule has 2 fully saturated rings. The molecule has 4 heteroatoms. The summed E-state index contributed by atoms with van der Waals surface area (Å²) in [6, 6.07) is 0. The minimum atomic E-state index is 0. The van der Waals surface area contributed by atoms with E-state index < -0.39 is 0 Å². The van der Waals surface area contributed by atoms with Gasteiger partial charge in [-0.25, -0.2) is 0 Å². The molecule has 0 N–H and O–H groups in total. The minimum Gasteiger partial charge on any atom is -0.303 e. The maximum absolute atomic E-state index is 2.67. The fraction of sp³-hybridized carbons (Fsp3) is 1.00. The lowest BCUT2D eigenvalue weighted by molar-refractivity contribution is 0.158. The summed E-state index contributed by atoms with van der Waals surface area (Å²) in [5.41, 5.74) is 0. The smallest absolute Gasteiger partial charge is 0.000654 e. The van der Waals surface area contributed by atoms with Crippen molar-refractivity contribution in [1.29, 1.82) is 0 Å². The third-order valence-corrected chi connectivity index (χ3v) is 4.70. The number of rotatable bonds is 4. The molecule has 0 unspecified atom stereocenters. The Hall–Kier alpha value is 0.500. The molecule has 2 heterocycles. The van der Waals surface area contributed by atoms with Gasteiger partial charge in [0.1, 0.15) is 0 Å². The predicted molar refractivity (Wildman–Crippen MR) is 88.8 cm³/mol. The van der Waals surface area contributed by atoms with Gasteiger partial charge in [-0.05, 0) is 83.2 Å². The standard InChI is InChI=1S/C15H30N2.2ClH/c1-14-4-10-16(11-5-14)8-3-9-17-12-6-15(2)7-13-17;;/h14-15H,3-13H2,1-2H3;2*1H. The molecule has 0 aromatic heterocycles. The summed E-state index contributed by atoms with van der Waals surface area (Å²) in [6.07, 6.45) is 7.05. The quantitative estimate of drug-likeness (QED) is 0.781. The lowest BCUT2D eigenvalue weighted by Crippen LogP contribution is -2.37. The van der Waals surface area contributed by atoms with Crippen molar-refractivity contribution >= 4 is 24.8 Å². The molecule has 0 amide bonds. The van der Waals surface area contributed by atoms with E-state index in [0.717, 1.165) is 11.8 Å². The summed E-state index contributed by atoms with van der Waals surface area (Å²) < 4.78 is 0. The highest BCUT2D eigenvalue weighted by atomic mass is 35.5. The van der Waals surface area contributed by atoms with Crippen LogP contribution in [0.2, 0.25) is 0 Å². The second-order valence-electron chi connectivity index (χ2n) is 6.40. The van der Waals surface area contributed by atoms with E-state index in [4.69, 9.17) is 0 Å². The zero-order valence-corrected chi connectivity index (χ0v) is 14.3. The van der Waals surface area contributed by atoms with Crippen LogP contribution in [0.3, 0.4) is 0 Å². The fourth-order valence-corrected chi connectivity index (χ4v) is 3.09. The average molecular weight is 311 g/mol. The van der Waals surface area contributed by atoms with E-state index in [0.29, 0.717) is 0 Å². The van der Waals surface area contributed by atoms with Gasteiger partial charge in [0.2, 0.25) is 0 Å². The molecule has 2 aliphatic rings. The molecule has 0 bridgehead atoms. The number of likely N-dealkylation sites (tertiary alicyclic amines) is 2. The third kappa shape index (κ3) is 7.17. The first-order chi connectivity index (χ1) is 8.24. The van der Waals surface area contributed by atoms with Crippen molar-refractivity contribution in [1.82, 2.24) is 9.80 Å². The highest BCUT2D eigenvalue weighted by Gasteiger charge is 2.17. The highest BCUT2D eigenvalue weighted by Crippen LogP contribution is 2.17. The van der Waals surface area contributed by atoms with Gasteiger partial charge in [-0.2, -0.15) is 0 Å². The first-order valence-corrected chi connectivity index (χ1v) is 7.69. The van der Waals surface area contributed by atoms with Gasteiger partial charge in [-0.3, -0.25) is 0 Å². The largest absolute Gasteiger partial charge is 0.303 e. The topological polar surface area (TPSA) is 6.48 Å². The maximum atomic E-state index is 2.67. The van der Waals surface area contributed by atoms with E-state index in [9.17, 15) is 0 Å². The Morgan fingerprint density at radius 1 is 0.684 bits per heavy atom. The second kappa shape index (κ2) is 10.3. The molecule has 19 heavy (non-hydrogen) atoms. The number of halogens is 2. The van der Waals surface area contributed by atoms with Crippen molar-refractivity contribution in [3.05, 3.63) is 0 Å². The lowest BCUT2D eigenvalue weighted by atomic mass is 9.98. The zero-order valence-electron chi connectivity index (χ0n) is 12.6. The normalized spacial score (nSPS) is 23.7. The van der Waals surface area contributed by atoms with Crippen LogP contribution in [0, 0.1) is 11.8 Å². The molecule has 2 saturated heterocycles. The van der Waals surface area contributed by atoms with E-state index in [-0.39, 0.29) is 24.8 Å². The number of hydrogen-bond donors (Lipinski definition) is 0. The Morgan fingerprint density at radius 2 is 1.00 bits per heavy atom. The zero-order chi connectivity index (χ0) is 12.1. The summed E-state index contributed by atoms with van der Waals surface area (Å²) in [5, 5.41) is 0. The molecule has 2 rings (SSSR count). The molecular formula is C15H32Cl2N2. The third-order valence-electron chi connectivity index (χ3n) is 4.70. The summed E-state index contributed by atoms with van der Waals surface area (Å²) in [7, 11) is 0. The summed E-state index contributed by atoms with van der Waals surface area (Å²) in [6.45, 7) is 12.8. The molecule has 2 aliphatic heterocycles. The Labute approximate surface area is 132 Å². The Kier molecular flexibility index (Phi) is 10.5. The number of nitrogens with zero attached hydrogens (tertiary/aromatic N) is 2. The van der Waals surface area contributed by atoms with Crippen LogP contribution >= 0.6 is 24.8 Å². The van der Waals surface area contributed by atoms with Crippen LogP contribution in [-0.4, -0.2) is 49.1 Å². The monoisotopic (exact) mass is 310 g/mol. The van der Waals surface area contributed by atoms with Gasteiger partial charge in [-0.15, -0.1) is 24.8 Å². The van der Waals surface area contributed by atoms with Gasteiger partial charge in [0.05, 0.1) is 0 Å². The van der Waals surface area contributed by atoms with E-state index in [1.807, 2.05) is 0 Å². The van der Waals surface area contributed by atoms with Crippen LogP contribution in [0.15, 0.2) is 0 Å². The van der Waals surface area contributed by atoms with E-state index >= 15 is 0 Å². The molecule has 0 aliphatic carbocycles. The average Bonchev–Trinajstić information content (AvgIpc) is 2.34. The summed E-state index contributed by atoms with van der Waals surface area (Å²) >= 11 is 0. The number of piperidine rings is 2. The van der Waals surface area contributed by atoms with Crippen molar-refractivity contribution in [3.8, 4) is 0 Å². The molecule has 0 spiro atoms. The van der Waals surface area contributed by atoms with Crippen molar-refractivity contribution in [3.63, 3.8) is 0 Å². The van der Waals surface area contributed by atoms with E-state index in [2.05, 4.69) is 23.6 Å². The van der Waals surface area contributed by atoms with Gasteiger partial charge >= 0.3 is 0 Å². The van der Waals surface area contributed by atoms with Crippen LogP contribution in [0.4, 0.5) is 0 Å². The second-order valence-corrected chi connectivity index (χ2v) is 6.40. The Morgan fingerprint density at radius 3 is 1.32 bits per heavy atom. The van der Waals surface area contributed by atoms with Crippen LogP contribution in [0.5, 0.6) is 0 Å². The minimum absolute atomic E-state index is 0.